The van der Waals surface area contributed by atoms with E-state index in [9.17, 15) is 0 Å². The summed E-state index contributed by atoms with van der Waals surface area (Å²) in [6.45, 7) is 5.75. The molecule has 0 aliphatic rings. The van der Waals surface area contributed by atoms with E-state index in [0.717, 1.165) is 12.2 Å². The van der Waals surface area contributed by atoms with E-state index in [4.69, 9.17) is 0 Å². The fraction of sp³-hybridized carbons (Fsp3) is 0.333. The maximum atomic E-state index is 4.05. The number of hydrogen-bond donors (Lipinski definition) is 1. The molecule has 15 heavy (non-hydrogen) atoms. The Balaban J connectivity index is 2.27. The molecule has 0 bridgehead atoms. The van der Waals surface area contributed by atoms with Crippen LogP contribution >= 0.6 is 0 Å². The topological polar surface area (TPSA) is 68.0 Å². The smallest absolute Gasteiger partial charge is 0.199 e. The van der Waals surface area contributed by atoms with Gasteiger partial charge in [-0.3, -0.25) is 4.98 Å². The SMILES string of the molecule is C=CCC(C)Nc1cncc2nnnn12. The number of nitrogens with zero attached hydrogens (tertiary/aromatic N) is 5. The van der Waals surface area contributed by atoms with Gasteiger partial charge in [-0.15, -0.1) is 11.7 Å². The van der Waals surface area contributed by atoms with E-state index >= 15 is 0 Å². The zero-order valence-electron chi connectivity index (χ0n) is 8.46. The summed E-state index contributed by atoms with van der Waals surface area (Å²) in [6.07, 6.45) is 6.05. The Bertz CT molecular complexity index is 462. The van der Waals surface area contributed by atoms with Crippen LogP contribution in [0.2, 0.25) is 0 Å². The second-order valence-corrected chi connectivity index (χ2v) is 3.31. The molecular formula is C9H12N6. The largest absolute Gasteiger partial charge is 0.366 e. The highest BCUT2D eigenvalue weighted by molar-refractivity contribution is 5.44. The number of aromatic nitrogens is 5. The maximum absolute atomic E-state index is 4.05. The summed E-state index contributed by atoms with van der Waals surface area (Å²) in [5, 5.41) is 14.5. The summed E-state index contributed by atoms with van der Waals surface area (Å²) in [4.78, 5) is 4.05. The third-order valence-corrected chi connectivity index (χ3v) is 2.02. The Morgan fingerprint density at radius 3 is 3.27 bits per heavy atom. The summed E-state index contributed by atoms with van der Waals surface area (Å²) >= 11 is 0. The lowest BCUT2D eigenvalue weighted by molar-refractivity contribution is 0.771. The molecule has 0 aliphatic heterocycles. The number of fused-ring (bicyclic) bond motifs is 1. The van der Waals surface area contributed by atoms with Crippen LogP contribution in [-0.2, 0) is 0 Å². The zero-order chi connectivity index (χ0) is 10.7. The lowest BCUT2D eigenvalue weighted by atomic mass is 10.2. The highest BCUT2D eigenvalue weighted by Gasteiger charge is 2.05. The lowest BCUT2D eigenvalue weighted by Crippen LogP contribution is -2.16. The summed E-state index contributed by atoms with van der Waals surface area (Å²) in [5.74, 6) is 0.784. The van der Waals surface area contributed by atoms with Crippen LogP contribution in [0.25, 0.3) is 5.65 Å². The van der Waals surface area contributed by atoms with Crippen molar-refractivity contribution in [2.24, 2.45) is 0 Å². The fourth-order valence-corrected chi connectivity index (χ4v) is 1.34. The Labute approximate surface area is 87.0 Å². The Morgan fingerprint density at radius 2 is 2.47 bits per heavy atom. The van der Waals surface area contributed by atoms with E-state index in [-0.39, 0.29) is 6.04 Å². The van der Waals surface area contributed by atoms with Gasteiger partial charge in [0.15, 0.2) is 11.5 Å². The molecule has 1 unspecified atom stereocenters. The van der Waals surface area contributed by atoms with Crippen LogP contribution in [0.3, 0.4) is 0 Å². The van der Waals surface area contributed by atoms with E-state index in [1.54, 1.807) is 16.9 Å². The zero-order valence-corrected chi connectivity index (χ0v) is 8.46. The van der Waals surface area contributed by atoms with Crippen molar-refractivity contribution in [3.63, 3.8) is 0 Å². The van der Waals surface area contributed by atoms with Crippen molar-refractivity contribution in [1.29, 1.82) is 0 Å². The fourth-order valence-electron chi connectivity index (χ4n) is 1.34. The van der Waals surface area contributed by atoms with E-state index in [0.29, 0.717) is 5.65 Å². The number of nitrogens with one attached hydrogen (secondary N) is 1. The molecular weight excluding hydrogens is 192 g/mol. The van der Waals surface area contributed by atoms with Crippen molar-refractivity contribution < 1.29 is 0 Å². The molecule has 1 N–H and O–H groups in total. The third-order valence-electron chi connectivity index (χ3n) is 2.02. The van der Waals surface area contributed by atoms with Crippen LogP contribution in [0.1, 0.15) is 13.3 Å². The normalized spacial score (nSPS) is 12.6. The Hall–Kier alpha value is -1.98. The van der Waals surface area contributed by atoms with Crippen molar-refractivity contribution in [3.8, 4) is 0 Å². The molecule has 6 heteroatoms. The van der Waals surface area contributed by atoms with Crippen molar-refractivity contribution in [1.82, 2.24) is 25.0 Å². The molecule has 2 aromatic heterocycles. The summed E-state index contributed by atoms with van der Waals surface area (Å²) in [6, 6.07) is 0.277. The molecule has 0 aromatic carbocycles. The van der Waals surface area contributed by atoms with Crippen molar-refractivity contribution in [2.45, 2.75) is 19.4 Å². The molecule has 2 heterocycles. The molecule has 6 nitrogen and oxygen atoms in total. The molecule has 0 radical (unpaired) electrons. The average molecular weight is 204 g/mol. The molecule has 2 aromatic rings. The quantitative estimate of drug-likeness (QED) is 0.749. The molecule has 0 aliphatic carbocycles. The predicted octanol–water partition coefficient (Wildman–Crippen LogP) is 0.896. The Morgan fingerprint density at radius 1 is 1.60 bits per heavy atom. The van der Waals surface area contributed by atoms with Gasteiger partial charge in [-0.05, 0) is 23.8 Å². The van der Waals surface area contributed by atoms with Crippen LogP contribution in [0.15, 0.2) is 25.0 Å². The third kappa shape index (κ3) is 1.93. The van der Waals surface area contributed by atoms with Gasteiger partial charge in [0.1, 0.15) is 0 Å². The predicted molar refractivity (Wildman–Crippen MR) is 56.5 cm³/mol. The molecule has 0 spiro atoms. The van der Waals surface area contributed by atoms with Gasteiger partial charge >= 0.3 is 0 Å². The minimum atomic E-state index is 0.277. The van der Waals surface area contributed by atoms with E-state index in [2.05, 4.69) is 39.3 Å². The Kier molecular flexibility index (Phi) is 2.57. The van der Waals surface area contributed by atoms with Gasteiger partial charge in [0, 0.05) is 6.04 Å². The average Bonchev–Trinajstić information content (AvgIpc) is 2.67. The summed E-state index contributed by atoms with van der Waals surface area (Å²) < 4.78 is 1.62. The molecule has 0 amide bonds. The number of hydrogen-bond acceptors (Lipinski definition) is 5. The first-order chi connectivity index (χ1) is 7.31. The molecule has 2 rings (SSSR count). The second kappa shape index (κ2) is 4.04. The van der Waals surface area contributed by atoms with E-state index in [1.165, 1.54) is 0 Å². The first-order valence-corrected chi connectivity index (χ1v) is 4.71. The van der Waals surface area contributed by atoms with Crippen molar-refractivity contribution >= 4 is 11.5 Å². The minimum absolute atomic E-state index is 0.277. The van der Waals surface area contributed by atoms with Gasteiger partial charge in [0.05, 0.1) is 12.4 Å². The number of rotatable bonds is 4. The number of tetrazole rings is 1. The molecule has 0 fully saturated rings. The van der Waals surface area contributed by atoms with Gasteiger partial charge in [-0.2, -0.15) is 4.52 Å². The summed E-state index contributed by atoms with van der Waals surface area (Å²) in [7, 11) is 0. The highest BCUT2D eigenvalue weighted by Crippen LogP contribution is 2.08. The maximum Gasteiger partial charge on any atom is 0.199 e. The molecule has 0 saturated heterocycles. The van der Waals surface area contributed by atoms with Gasteiger partial charge in [0.25, 0.3) is 0 Å². The van der Waals surface area contributed by atoms with Crippen LogP contribution in [0, 0.1) is 0 Å². The molecule has 0 saturated carbocycles. The minimum Gasteiger partial charge on any atom is -0.366 e. The van der Waals surface area contributed by atoms with Crippen LogP contribution in [0.5, 0.6) is 0 Å². The van der Waals surface area contributed by atoms with Crippen LogP contribution in [-0.4, -0.2) is 31.1 Å². The monoisotopic (exact) mass is 204 g/mol. The standard InChI is InChI=1S/C9H12N6/c1-3-4-7(2)11-8-5-10-6-9-12-13-14-15(8)9/h3,5-7,11H,1,4H2,2H3. The second-order valence-electron chi connectivity index (χ2n) is 3.31. The van der Waals surface area contributed by atoms with Gasteiger partial charge < -0.3 is 5.32 Å². The molecule has 78 valence electrons. The van der Waals surface area contributed by atoms with Crippen molar-refractivity contribution in [3.05, 3.63) is 25.0 Å². The van der Waals surface area contributed by atoms with Gasteiger partial charge in [-0.25, -0.2) is 0 Å². The lowest BCUT2D eigenvalue weighted by Gasteiger charge is -2.12. The van der Waals surface area contributed by atoms with E-state index in [1.807, 2.05) is 6.08 Å². The highest BCUT2D eigenvalue weighted by atomic mass is 15.5. The van der Waals surface area contributed by atoms with Gasteiger partial charge in [-0.1, -0.05) is 6.08 Å². The van der Waals surface area contributed by atoms with Crippen molar-refractivity contribution in [2.75, 3.05) is 5.32 Å². The van der Waals surface area contributed by atoms with Crippen LogP contribution < -0.4 is 5.32 Å². The van der Waals surface area contributed by atoms with E-state index < -0.39 is 0 Å². The molecule has 1 atom stereocenters. The first-order valence-electron chi connectivity index (χ1n) is 4.71. The summed E-state index contributed by atoms with van der Waals surface area (Å²) in [5.41, 5.74) is 0.630. The first kappa shape index (κ1) is 9.57. The van der Waals surface area contributed by atoms with Crippen LogP contribution in [0.4, 0.5) is 5.82 Å². The van der Waals surface area contributed by atoms with Gasteiger partial charge in [0.2, 0.25) is 0 Å². The number of anilines is 1.